The highest BCUT2D eigenvalue weighted by atomic mass is 16.5. The number of anilines is 1. The van der Waals surface area contributed by atoms with Crippen molar-refractivity contribution >= 4 is 40.5 Å². The first-order chi connectivity index (χ1) is 18.7. The first kappa shape index (κ1) is 28.9. The summed E-state index contributed by atoms with van der Waals surface area (Å²) in [4.78, 5) is 61.1. The number of hydrogen-bond donors (Lipinski definition) is 4. The zero-order valence-electron chi connectivity index (χ0n) is 22.0. The lowest BCUT2D eigenvalue weighted by molar-refractivity contribution is -0.128. The lowest BCUT2D eigenvalue weighted by Crippen LogP contribution is -2.51. The second-order valence-electron chi connectivity index (χ2n) is 9.07. The van der Waals surface area contributed by atoms with Crippen LogP contribution in [0.5, 0.6) is 0 Å². The van der Waals surface area contributed by atoms with Gasteiger partial charge in [-0.3, -0.25) is 14.4 Å². The van der Waals surface area contributed by atoms with Crippen molar-refractivity contribution in [3.8, 4) is 0 Å². The Balaban J connectivity index is 1.49. The lowest BCUT2D eigenvalue weighted by Gasteiger charge is -2.23. The van der Waals surface area contributed by atoms with Crippen molar-refractivity contribution in [2.75, 3.05) is 18.4 Å². The van der Waals surface area contributed by atoms with Gasteiger partial charge in [0.05, 0.1) is 6.54 Å². The molecule has 0 bridgehead atoms. The standard InChI is InChI=1S/C28H32N4O7/c1-4-17(2)26(27(36)31-20-10-11-21-18(3)12-25(35)39-22(21)13-20)32-24(34)15-29-23(33)14-30-28(37)38-16-19-8-6-5-7-9-19/h5-13,17,26H,4,14-16H2,1-3H3,(H,29,33)(H,30,37)(H,31,36)(H,32,34). The zero-order chi connectivity index (χ0) is 28.4. The van der Waals surface area contributed by atoms with Gasteiger partial charge in [0.25, 0.3) is 0 Å². The molecular formula is C28H32N4O7. The van der Waals surface area contributed by atoms with Gasteiger partial charge in [-0.05, 0) is 36.1 Å². The fraction of sp³-hybridized carbons (Fsp3) is 0.321. The van der Waals surface area contributed by atoms with Crippen LogP contribution in [0, 0.1) is 12.8 Å². The van der Waals surface area contributed by atoms with E-state index in [2.05, 4.69) is 21.3 Å². The minimum atomic E-state index is -0.884. The van der Waals surface area contributed by atoms with Gasteiger partial charge >= 0.3 is 11.7 Å². The SMILES string of the molecule is CCC(C)C(NC(=O)CNC(=O)CNC(=O)OCc1ccccc1)C(=O)Nc1ccc2c(C)cc(=O)oc2c1. The molecule has 2 aromatic carbocycles. The monoisotopic (exact) mass is 536 g/mol. The number of ether oxygens (including phenoxy) is 1. The third-order valence-corrected chi connectivity index (χ3v) is 6.08. The summed E-state index contributed by atoms with van der Waals surface area (Å²) >= 11 is 0. The van der Waals surface area contributed by atoms with Crippen LogP contribution in [0.3, 0.4) is 0 Å². The predicted octanol–water partition coefficient (Wildman–Crippen LogP) is 2.61. The Hall–Kier alpha value is -4.67. The maximum absolute atomic E-state index is 13.0. The van der Waals surface area contributed by atoms with E-state index in [1.165, 1.54) is 6.07 Å². The number of carbonyl (C=O) groups excluding carboxylic acids is 4. The largest absolute Gasteiger partial charge is 0.445 e. The topological polar surface area (TPSA) is 156 Å². The summed E-state index contributed by atoms with van der Waals surface area (Å²) in [5, 5.41) is 10.9. The Morgan fingerprint density at radius 1 is 0.949 bits per heavy atom. The van der Waals surface area contributed by atoms with Gasteiger partial charge in [0.2, 0.25) is 17.7 Å². The summed E-state index contributed by atoms with van der Waals surface area (Å²) in [5.41, 5.74) is 1.81. The molecule has 0 aliphatic carbocycles. The molecule has 1 heterocycles. The van der Waals surface area contributed by atoms with E-state index in [0.717, 1.165) is 16.5 Å². The van der Waals surface area contributed by atoms with E-state index in [1.807, 2.05) is 32.0 Å². The summed E-state index contributed by atoms with van der Waals surface area (Å²) in [7, 11) is 0. The first-order valence-electron chi connectivity index (χ1n) is 12.5. The number of aryl methyl sites for hydroxylation is 1. The van der Waals surface area contributed by atoms with Crippen molar-refractivity contribution in [2.45, 2.75) is 39.8 Å². The fourth-order valence-electron chi connectivity index (χ4n) is 3.72. The number of benzene rings is 2. The highest BCUT2D eigenvalue weighted by molar-refractivity contribution is 5.99. The Morgan fingerprint density at radius 3 is 2.38 bits per heavy atom. The molecule has 0 saturated carbocycles. The number of carbonyl (C=O) groups is 4. The van der Waals surface area contributed by atoms with Crippen LogP contribution >= 0.6 is 0 Å². The molecule has 39 heavy (non-hydrogen) atoms. The predicted molar refractivity (Wildman–Crippen MR) is 145 cm³/mol. The second kappa shape index (κ2) is 13.8. The van der Waals surface area contributed by atoms with Gasteiger partial charge in [0, 0.05) is 23.2 Å². The summed E-state index contributed by atoms with van der Waals surface area (Å²) in [6, 6.07) is 14.5. The molecule has 1 aromatic heterocycles. The molecule has 0 saturated heterocycles. The average molecular weight is 537 g/mol. The van der Waals surface area contributed by atoms with E-state index in [9.17, 15) is 24.0 Å². The van der Waals surface area contributed by atoms with Crippen molar-refractivity contribution in [1.29, 1.82) is 0 Å². The van der Waals surface area contributed by atoms with Crippen LogP contribution in [0.1, 0.15) is 31.4 Å². The van der Waals surface area contributed by atoms with Crippen LogP contribution in [0.15, 0.2) is 63.8 Å². The van der Waals surface area contributed by atoms with E-state index < -0.39 is 35.5 Å². The van der Waals surface area contributed by atoms with Crippen LogP contribution in [0.25, 0.3) is 11.0 Å². The number of nitrogens with one attached hydrogen (secondary N) is 4. The van der Waals surface area contributed by atoms with Crippen molar-refractivity contribution in [2.24, 2.45) is 5.92 Å². The number of alkyl carbamates (subject to hydrolysis) is 1. The van der Waals surface area contributed by atoms with Gasteiger partial charge < -0.3 is 30.4 Å². The van der Waals surface area contributed by atoms with Crippen molar-refractivity contribution in [3.05, 3.63) is 76.1 Å². The highest BCUT2D eigenvalue weighted by Gasteiger charge is 2.26. The third kappa shape index (κ3) is 8.70. The highest BCUT2D eigenvalue weighted by Crippen LogP contribution is 2.21. The molecule has 0 spiro atoms. The van der Waals surface area contributed by atoms with Crippen molar-refractivity contribution < 1.29 is 28.3 Å². The lowest BCUT2D eigenvalue weighted by atomic mass is 9.98. The van der Waals surface area contributed by atoms with E-state index in [0.29, 0.717) is 17.7 Å². The molecule has 0 radical (unpaired) electrons. The van der Waals surface area contributed by atoms with Gasteiger partial charge in [-0.1, -0.05) is 50.6 Å². The molecule has 4 amide bonds. The molecule has 2 unspecified atom stereocenters. The molecule has 3 rings (SSSR count). The van der Waals surface area contributed by atoms with E-state index in [-0.39, 0.29) is 25.6 Å². The Bertz CT molecular complexity index is 1390. The third-order valence-electron chi connectivity index (χ3n) is 6.08. The zero-order valence-corrected chi connectivity index (χ0v) is 22.0. The van der Waals surface area contributed by atoms with Crippen molar-refractivity contribution in [3.63, 3.8) is 0 Å². The minimum Gasteiger partial charge on any atom is -0.445 e. The molecular weight excluding hydrogens is 504 g/mol. The number of rotatable bonds is 11. The minimum absolute atomic E-state index is 0.0586. The molecule has 206 valence electrons. The van der Waals surface area contributed by atoms with E-state index in [4.69, 9.17) is 9.15 Å². The van der Waals surface area contributed by atoms with Crippen molar-refractivity contribution in [1.82, 2.24) is 16.0 Å². The molecule has 11 heteroatoms. The summed E-state index contributed by atoms with van der Waals surface area (Å²) in [6.45, 7) is 4.78. The Labute approximate surface area is 225 Å². The summed E-state index contributed by atoms with van der Waals surface area (Å²) < 4.78 is 10.3. The quantitative estimate of drug-likeness (QED) is 0.275. The summed E-state index contributed by atoms with van der Waals surface area (Å²) in [5.74, 6) is -1.84. The second-order valence-corrected chi connectivity index (χ2v) is 9.07. The van der Waals surface area contributed by atoms with Gasteiger partial charge in [-0.15, -0.1) is 0 Å². The maximum atomic E-state index is 13.0. The van der Waals surface area contributed by atoms with Gasteiger partial charge in [-0.25, -0.2) is 9.59 Å². The molecule has 0 aliphatic rings. The number of fused-ring (bicyclic) bond motifs is 1. The Morgan fingerprint density at radius 2 is 1.67 bits per heavy atom. The molecule has 11 nitrogen and oxygen atoms in total. The van der Waals surface area contributed by atoms with Crippen LogP contribution in [0.4, 0.5) is 10.5 Å². The maximum Gasteiger partial charge on any atom is 0.407 e. The number of hydrogen-bond acceptors (Lipinski definition) is 7. The van der Waals surface area contributed by atoms with E-state index >= 15 is 0 Å². The van der Waals surface area contributed by atoms with Gasteiger partial charge in [-0.2, -0.15) is 0 Å². The van der Waals surface area contributed by atoms with Crippen LogP contribution in [-0.2, 0) is 25.7 Å². The van der Waals surface area contributed by atoms with Gasteiger partial charge in [0.15, 0.2) is 0 Å². The van der Waals surface area contributed by atoms with E-state index in [1.54, 1.807) is 37.3 Å². The fourth-order valence-corrected chi connectivity index (χ4v) is 3.72. The molecule has 0 aliphatic heterocycles. The summed E-state index contributed by atoms with van der Waals surface area (Å²) in [6.07, 6.45) is -0.166. The number of amides is 4. The average Bonchev–Trinajstić information content (AvgIpc) is 2.92. The normalized spacial score (nSPS) is 12.2. The smallest absolute Gasteiger partial charge is 0.407 e. The molecule has 4 N–H and O–H groups in total. The van der Waals surface area contributed by atoms with Crippen LogP contribution in [0.2, 0.25) is 0 Å². The Kier molecular flexibility index (Phi) is 10.2. The van der Waals surface area contributed by atoms with Crippen LogP contribution in [-0.4, -0.2) is 42.9 Å². The molecule has 0 fully saturated rings. The van der Waals surface area contributed by atoms with Crippen LogP contribution < -0.4 is 26.9 Å². The molecule has 2 atom stereocenters. The van der Waals surface area contributed by atoms with Gasteiger partial charge in [0.1, 0.15) is 24.8 Å². The first-order valence-corrected chi connectivity index (χ1v) is 12.5. The molecule has 3 aromatic rings.